The SMILES string of the molecule is CC(C)c1cc(N(c2ccccc2)c2cccc3c2oc2ccccc23)c2ccc3c(C(C)C)cc(N(c4ccccc4)c4cccc5c4oc4ccccc45)c4c3c2c1CC4. The fraction of sp³-hybridized carbons (Fsp3) is 0.138. The minimum Gasteiger partial charge on any atom is -0.454 e. The van der Waals surface area contributed by atoms with Gasteiger partial charge in [-0.25, -0.2) is 0 Å². The third kappa shape index (κ3) is 5.45. The van der Waals surface area contributed by atoms with Gasteiger partial charge in [-0.2, -0.15) is 0 Å². The lowest BCUT2D eigenvalue weighted by atomic mass is 9.78. The Kier molecular flexibility index (Phi) is 8.33. The molecule has 0 bridgehead atoms. The van der Waals surface area contributed by atoms with Crippen LogP contribution in [0.15, 0.2) is 179 Å². The normalized spacial score (nSPS) is 12.7. The zero-order valence-electron chi connectivity index (χ0n) is 35.4. The van der Waals surface area contributed by atoms with E-state index < -0.39 is 0 Å². The molecule has 0 saturated heterocycles. The fourth-order valence-corrected chi connectivity index (χ4v) is 10.5. The first kappa shape index (κ1) is 36.5. The van der Waals surface area contributed by atoms with E-state index in [1.54, 1.807) is 0 Å². The summed E-state index contributed by atoms with van der Waals surface area (Å²) in [5.74, 6) is 0.591. The van der Waals surface area contributed by atoms with Crippen LogP contribution < -0.4 is 9.80 Å². The molecule has 0 saturated carbocycles. The van der Waals surface area contributed by atoms with Crippen molar-refractivity contribution in [2.24, 2.45) is 0 Å². The van der Waals surface area contributed by atoms with E-state index in [1.165, 1.54) is 49.5 Å². The van der Waals surface area contributed by atoms with Crippen LogP contribution in [0.4, 0.5) is 34.1 Å². The standard InChI is InChI=1S/C58H46N2O2/c1-35(2)47-33-51(59(37-17-7-5-8-18-37)49-25-15-23-43-39-21-11-13-27-53(39)61-57(43)49)45-32-30-42-48(36(3)4)34-52(46-31-29-41(47)55(45)56(42)46)60(38-19-9-6-10-20-38)50-26-16-24-44-40-22-12-14-28-54(40)62-58(44)50/h5-29,31,33-36H,30,32H2,1-4H3. The van der Waals surface area contributed by atoms with Crippen molar-refractivity contribution in [2.75, 3.05) is 9.80 Å². The van der Waals surface area contributed by atoms with Crippen LogP contribution in [0.3, 0.4) is 0 Å². The second-order valence-electron chi connectivity index (χ2n) is 17.5. The molecule has 0 N–H and O–H groups in total. The van der Waals surface area contributed by atoms with E-state index in [1.807, 2.05) is 0 Å². The Balaban J connectivity index is 1.20. The number of anilines is 6. The lowest BCUT2D eigenvalue weighted by Gasteiger charge is -2.34. The quantitative estimate of drug-likeness (QED) is 0.143. The lowest BCUT2D eigenvalue weighted by molar-refractivity contribution is 0.668. The first-order valence-corrected chi connectivity index (χ1v) is 22.0. The highest BCUT2D eigenvalue weighted by atomic mass is 16.3. The highest BCUT2D eigenvalue weighted by Gasteiger charge is 2.31. The highest BCUT2D eigenvalue weighted by molar-refractivity contribution is 6.20. The summed E-state index contributed by atoms with van der Waals surface area (Å²) in [5, 5.41) is 9.79. The molecule has 0 radical (unpaired) electrons. The molecular weight excluding hydrogens is 757 g/mol. The maximum Gasteiger partial charge on any atom is 0.159 e. The summed E-state index contributed by atoms with van der Waals surface area (Å²) in [6.07, 6.45) is 1.88. The molecule has 0 aliphatic heterocycles. The summed E-state index contributed by atoms with van der Waals surface area (Å²) in [6.45, 7) is 9.38. The summed E-state index contributed by atoms with van der Waals surface area (Å²) in [7, 11) is 0. The smallest absolute Gasteiger partial charge is 0.159 e. The Labute approximate surface area is 361 Å². The van der Waals surface area contributed by atoms with Crippen molar-refractivity contribution < 1.29 is 8.83 Å². The van der Waals surface area contributed by atoms with Crippen molar-refractivity contribution in [3.63, 3.8) is 0 Å². The second-order valence-corrected chi connectivity index (χ2v) is 17.5. The lowest BCUT2D eigenvalue weighted by Crippen LogP contribution is -2.17. The summed E-state index contributed by atoms with van der Waals surface area (Å²) in [4.78, 5) is 4.92. The van der Waals surface area contributed by atoms with Gasteiger partial charge in [-0.1, -0.05) is 137 Å². The van der Waals surface area contributed by atoms with Crippen LogP contribution in [-0.2, 0) is 12.8 Å². The number of para-hydroxylation sites is 6. The zero-order chi connectivity index (χ0) is 41.6. The van der Waals surface area contributed by atoms with Crippen molar-refractivity contribution in [1.82, 2.24) is 0 Å². The molecule has 0 fully saturated rings. The van der Waals surface area contributed by atoms with Gasteiger partial charge in [-0.3, -0.25) is 0 Å². The van der Waals surface area contributed by atoms with Gasteiger partial charge in [0.15, 0.2) is 11.2 Å². The topological polar surface area (TPSA) is 32.8 Å². The third-order valence-corrected chi connectivity index (χ3v) is 13.3. The van der Waals surface area contributed by atoms with Gasteiger partial charge in [-0.05, 0) is 124 Å². The van der Waals surface area contributed by atoms with Crippen LogP contribution in [0.2, 0.25) is 0 Å². The predicted molar refractivity (Wildman–Crippen MR) is 261 cm³/mol. The zero-order valence-corrected chi connectivity index (χ0v) is 35.4. The van der Waals surface area contributed by atoms with Crippen molar-refractivity contribution in [3.05, 3.63) is 192 Å². The molecule has 9 aromatic carbocycles. The minimum absolute atomic E-state index is 0.282. The summed E-state index contributed by atoms with van der Waals surface area (Å²) < 4.78 is 13.6. The highest BCUT2D eigenvalue weighted by Crippen LogP contribution is 2.53. The summed E-state index contributed by atoms with van der Waals surface area (Å²) in [6, 6.07) is 61.4. The van der Waals surface area contributed by atoms with Gasteiger partial charge in [0.05, 0.1) is 22.7 Å². The van der Waals surface area contributed by atoms with Crippen LogP contribution >= 0.6 is 0 Å². The molecule has 4 nitrogen and oxygen atoms in total. The Bertz CT molecular complexity index is 3540. The van der Waals surface area contributed by atoms with Crippen molar-refractivity contribution >= 4 is 99.5 Å². The molecule has 4 heteroatoms. The predicted octanol–water partition coefficient (Wildman–Crippen LogP) is 17.1. The van der Waals surface area contributed by atoms with E-state index in [9.17, 15) is 0 Å². The second kappa shape index (κ2) is 14.1. The number of hydrogen-bond acceptors (Lipinski definition) is 4. The number of furan rings is 2. The van der Waals surface area contributed by atoms with Gasteiger partial charge in [0.25, 0.3) is 0 Å². The molecule has 1 aliphatic carbocycles. The van der Waals surface area contributed by atoms with Gasteiger partial charge in [0.2, 0.25) is 0 Å². The van der Waals surface area contributed by atoms with Crippen molar-refractivity contribution in [1.29, 1.82) is 0 Å². The maximum atomic E-state index is 6.79. The molecule has 2 heterocycles. The molecule has 0 atom stereocenters. The first-order chi connectivity index (χ1) is 30.4. The van der Waals surface area contributed by atoms with Gasteiger partial charge in [-0.15, -0.1) is 0 Å². The molecule has 62 heavy (non-hydrogen) atoms. The monoisotopic (exact) mass is 802 g/mol. The minimum atomic E-state index is 0.282. The van der Waals surface area contributed by atoms with Gasteiger partial charge in [0, 0.05) is 38.3 Å². The van der Waals surface area contributed by atoms with Crippen LogP contribution in [0.25, 0.3) is 65.4 Å². The van der Waals surface area contributed by atoms with Crippen LogP contribution in [0.1, 0.15) is 61.8 Å². The molecule has 12 rings (SSSR count). The number of nitrogens with zero attached hydrogens (tertiary/aromatic N) is 2. The van der Waals surface area contributed by atoms with Crippen molar-refractivity contribution in [3.8, 4) is 0 Å². The van der Waals surface area contributed by atoms with Gasteiger partial charge in [0.1, 0.15) is 11.2 Å². The van der Waals surface area contributed by atoms with E-state index in [2.05, 4.69) is 207 Å². The number of rotatable bonds is 8. The molecule has 300 valence electrons. The number of fused-ring (bicyclic) bond motifs is 6. The number of aryl methyl sites for hydroxylation is 2. The summed E-state index contributed by atoms with van der Waals surface area (Å²) >= 11 is 0. The largest absolute Gasteiger partial charge is 0.454 e. The van der Waals surface area contributed by atoms with Crippen molar-refractivity contribution in [2.45, 2.75) is 52.4 Å². The van der Waals surface area contributed by atoms with Crippen LogP contribution in [-0.4, -0.2) is 0 Å². The Morgan fingerprint density at radius 1 is 0.371 bits per heavy atom. The van der Waals surface area contributed by atoms with Gasteiger partial charge >= 0.3 is 0 Å². The molecule has 0 amide bonds. The molecular formula is C58H46N2O2. The summed E-state index contributed by atoms with van der Waals surface area (Å²) in [5.41, 5.74) is 15.8. The molecule has 2 aromatic heterocycles. The number of benzene rings is 9. The van der Waals surface area contributed by atoms with Gasteiger partial charge < -0.3 is 18.6 Å². The average Bonchev–Trinajstić information content (AvgIpc) is 3.89. The Morgan fingerprint density at radius 2 is 0.823 bits per heavy atom. The molecule has 1 aliphatic rings. The molecule has 11 aromatic rings. The fourth-order valence-electron chi connectivity index (χ4n) is 10.5. The maximum absolute atomic E-state index is 6.79. The van der Waals surface area contributed by atoms with Crippen LogP contribution in [0, 0.1) is 0 Å². The van der Waals surface area contributed by atoms with E-state index in [-0.39, 0.29) is 5.92 Å². The van der Waals surface area contributed by atoms with E-state index in [4.69, 9.17) is 8.83 Å². The van der Waals surface area contributed by atoms with Crippen LogP contribution in [0.5, 0.6) is 0 Å². The van der Waals surface area contributed by atoms with E-state index >= 15 is 0 Å². The third-order valence-electron chi connectivity index (χ3n) is 13.3. The average molecular weight is 803 g/mol. The first-order valence-electron chi connectivity index (χ1n) is 22.0. The Morgan fingerprint density at radius 3 is 1.39 bits per heavy atom. The molecule has 0 unspecified atom stereocenters. The number of hydrogen-bond donors (Lipinski definition) is 0. The van der Waals surface area contributed by atoms with E-state index in [0.29, 0.717) is 5.92 Å². The molecule has 0 spiro atoms. The Hall–Kier alpha value is -7.30. The van der Waals surface area contributed by atoms with E-state index in [0.717, 1.165) is 85.2 Å².